The lowest BCUT2D eigenvalue weighted by Crippen LogP contribution is -2.11. The first kappa shape index (κ1) is 9.64. The fourth-order valence-corrected chi connectivity index (χ4v) is 1.41. The summed E-state index contributed by atoms with van der Waals surface area (Å²) in [4.78, 5) is 11.7. The van der Waals surface area contributed by atoms with Gasteiger partial charge in [-0.15, -0.1) is 0 Å². The molecule has 0 atom stereocenters. The Balaban J connectivity index is 2.51. The minimum atomic E-state index is -0.941. The number of hydrogen-bond acceptors (Lipinski definition) is 3. The van der Waals surface area contributed by atoms with Gasteiger partial charge in [0.15, 0.2) is 6.54 Å². The molecule has 0 fully saturated rings. The van der Waals surface area contributed by atoms with Gasteiger partial charge in [-0.25, -0.2) is 0 Å². The summed E-state index contributed by atoms with van der Waals surface area (Å²) >= 11 is 0. The summed E-state index contributed by atoms with van der Waals surface area (Å²) in [6, 6.07) is 3.83. The van der Waals surface area contributed by atoms with Crippen molar-refractivity contribution in [2.75, 3.05) is 0 Å². The van der Waals surface area contributed by atoms with E-state index in [-0.39, 0.29) is 6.54 Å². The second kappa shape index (κ2) is 3.34. The summed E-state index contributed by atoms with van der Waals surface area (Å²) in [6.45, 7) is 3.78. The molecule has 15 heavy (non-hydrogen) atoms. The molecular formula is C10H11N3O2. The standard InChI is InChI=1S/C10H11N3O2/c1-6-3-8-9(4-7(6)2)12-13(11-8)5-10(14)15/h3-4H,5H2,1-2H3,(H,14,15). The maximum atomic E-state index is 10.5. The Morgan fingerprint density at radius 3 is 2.13 bits per heavy atom. The fourth-order valence-electron chi connectivity index (χ4n) is 1.41. The molecule has 0 aliphatic heterocycles. The molecule has 0 saturated heterocycles. The van der Waals surface area contributed by atoms with Gasteiger partial charge in [-0.1, -0.05) is 0 Å². The molecule has 1 heterocycles. The van der Waals surface area contributed by atoms with Crippen LogP contribution in [0.5, 0.6) is 0 Å². The Hall–Kier alpha value is -1.91. The van der Waals surface area contributed by atoms with E-state index in [0.29, 0.717) is 0 Å². The molecule has 1 aromatic heterocycles. The van der Waals surface area contributed by atoms with E-state index in [1.165, 1.54) is 4.80 Å². The summed E-state index contributed by atoms with van der Waals surface area (Å²) in [7, 11) is 0. The number of aliphatic carboxylic acids is 1. The van der Waals surface area contributed by atoms with Crippen molar-refractivity contribution >= 4 is 17.0 Å². The zero-order valence-electron chi connectivity index (χ0n) is 8.56. The molecule has 0 bridgehead atoms. The largest absolute Gasteiger partial charge is 0.480 e. The van der Waals surface area contributed by atoms with Crippen LogP contribution in [0.15, 0.2) is 12.1 Å². The average Bonchev–Trinajstić information content (AvgIpc) is 2.46. The highest BCUT2D eigenvalue weighted by molar-refractivity contribution is 5.76. The van der Waals surface area contributed by atoms with Crippen LogP contribution in [-0.4, -0.2) is 26.1 Å². The van der Waals surface area contributed by atoms with Crippen LogP contribution in [0.25, 0.3) is 11.0 Å². The molecule has 0 amide bonds. The van der Waals surface area contributed by atoms with E-state index in [9.17, 15) is 4.79 Å². The van der Waals surface area contributed by atoms with Crippen molar-refractivity contribution in [3.8, 4) is 0 Å². The number of hydrogen-bond donors (Lipinski definition) is 1. The third-order valence-electron chi connectivity index (χ3n) is 2.31. The van der Waals surface area contributed by atoms with E-state index in [2.05, 4.69) is 10.2 Å². The first-order chi connectivity index (χ1) is 7.06. The van der Waals surface area contributed by atoms with Gasteiger partial charge in [0.2, 0.25) is 0 Å². The highest BCUT2D eigenvalue weighted by atomic mass is 16.4. The molecule has 2 rings (SSSR count). The Kier molecular flexibility index (Phi) is 2.15. The Morgan fingerprint density at radius 2 is 1.73 bits per heavy atom. The first-order valence-corrected chi connectivity index (χ1v) is 4.60. The predicted octanol–water partition coefficient (Wildman–Crippen LogP) is 1.13. The molecule has 0 aliphatic carbocycles. The number of aryl methyl sites for hydroxylation is 2. The summed E-state index contributed by atoms with van der Waals surface area (Å²) in [5.74, 6) is -0.941. The number of carbonyl (C=O) groups is 1. The van der Waals surface area contributed by atoms with Gasteiger partial charge in [-0.3, -0.25) is 4.79 Å². The van der Waals surface area contributed by atoms with Gasteiger partial charge in [0.05, 0.1) is 0 Å². The van der Waals surface area contributed by atoms with E-state index < -0.39 is 5.97 Å². The molecule has 0 radical (unpaired) electrons. The number of benzene rings is 1. The molecule has 0 spiro atoms. The third-order valence-corrected chi connectivity index (χ3v) is 2.31. The average molecular weight is 205 g/mol. The molecule has 0 unspecified atom stereocenters. The highest BCUT2D eigenvalue weighted by Crippen LogP contribution is 2.15. The molecule has 0 aliphatic rings. The van der Waals surface area contributed by atoms with E-state index >= 15 is 0 Å². The maximum Gasteiger partial charge on any atom is 0.327 e. The van der Waals surface area contributed by atoms with Crippen LogP contribution < -0.4 is 0 Å². The predicted molar refractivity (Wildman–Crippen MR) is 54.6 cm³/mol. The quantitative estimate of drug-likeness (QED) is 0.798. The van der Waals surface area contributed by atoms with E-state index in [1.54, 1.807) is 0 Å². The summed E-state index contributed by atoms with van der Waals surface area (Å²) in [6.07, 6.45) is 0. The highest BCUT2D eigenvalue weighted by Gasteiger charge is 2.06. The van der Waals surface area contributed by atoms with Crippen LogP contribution in [0, 0.1) is 13.8 Å². The number of carboxylic acids is 1. The Morgan fingerprint density at radius 1 is 1.27 bits per heavy atom. The van der Waals surface area contributed by atoms with Crippen LogP contribution >= 0.6 is 0 Å². The number of aromatic nitrogens is 3. The molecular weight excluding hydrogens is 194 g/mol. The van der Waals surface area contributed by atoms with Crippen LogP contribution in [0.3, 0.4) is 0 Å². The molecule has 1 aromatic carbocycles. The van der Waals surface area contributed by atoms with Crippen molar-refractivity contribution in [1.82, 2.24) is 15.0 Å². The van der Waals surface area contributed by atoms with Gasteiger partial charge in [0.25, 0.3) is 0 Å². The minimum Gasteiger partial charge on any atom is -0.480 e. The minimum absolute atomic E-state index is 0.202. The normalized spacial score (nSPS) is 10.8. The summed E-state index contributed by atoms with van der Waals surface area (Å²) in [5, 5.41) is 16.8. The van der Waals surface area contributed by atoms with E-state index in [4.69, 9.17) is 5.11 Å². The van der Waals surface area contributed by atoms with Gasteiger partial charge in [0.1, 0.15) is 11.0 Å². The van der Waals surface area contributed by atoms with Crippen LogP contribution in [-0.2, 0) is 11.3 Å². The molecule has 5 nitrogen and oxygen atoms in total. The summed E-state index contributed by atoms with van der Waals surface area (Å²) in [5.41, 5.74) is 3.73. The zero-order chi connectivity index (χ0) is 11.0. The van der Waals surface area contributed by atoms with Crippen molar-refractivity contribution in [1.29, 1.82) is 0 Å². The van der Waals surface area contributed by atoms with Gasteiger partial charge in [0, 0.05) is 0 Å². The molecule has 0 saturated carbocycles. The van der Waals surface area contributed by atoms with Crippen LogP contribution in [0.1, 0.15) is 11.1 Å². The number of fused-ring (bicyclic) bond motifs is 1. The Bertz CT molecular complexity index is 492. The van der Waals surface area contributed by atoms with Gasteiger partial charge >= 0.3 is 5.97 Å². The van der Waals surface area contributed by atoms with Crippen molar-refractivity contribution in [3.63, 3.8) is 0 Å². The topological polar surface area (TPSA) is 68.0 Å². The smallest absolute Gasteiger partial charge is 0.327 e. The van der Waals surface area contributed by atoms with Crippen molar-refractivity contribution in [2.24, 2.45) is 0 Å². The van der Waals surface area contributed by atoms with Gasteiger partial charge in [-0.2, -0.15) is 15.0 Å². The van der Waals surface area contributed by atoms with Crippen LogP contribution in [0.2, 0.25) is 0 Å². The van der Waals surface area contributed by atoms with E-state index in [1.807, 2.05) is 26.0 Å². The number of carboxylic acid groups (broad SMARTS) is 1. The number of nitrogens with zero attached hydrogens (tertiary/aromatic N) is 3. The lowest BCUT2D eigenvalue weighted by molar-refractivity contribution is -0.138. The monoisotopic (exact) mass is 205 g/mol. The maximum absolute atomic E-state index is 10.5. The van der Waals surface area contributed by atoms with Crippen molar-refractivity contribution in [3.05, 3.63) is 23.3 Å². The second-order valence-corrected chi connectivity index (χ2v) is 3.55. The fraction of sp³-hybridized carbons (Fsp3) is 0.300. The molecule has 78 valence electrons. The third kappa shape index (κ3) is 1.81. The number of rotatable bonds is 2. The van der Waals surface area contributed by atoms with Gasteiger partial charge < -0.3 is 5.11 Å². The SMILES string of the molecule is Cc1cc2nn(CC(=O)O)nc2cc1C. The first-order valence-electron chi connectivity index (χ1n) is 4.60. The van der Waals surface area contributed by atoms with E-state index in [0.717, 1.165) is 22.2 Å². The second-order valence-electron chi connectivity index (χ2n) is 3.55. The lowest BCUT2D eigenvalue weighted by Gasteiger charge is -1.95. The summed E-state index contributed by atoms with van der Waals surface area (Å²) < 4.78 is 0. The zero-order valence-corrected chi connectivity index (χ0v) is 8.56. The molecule has 2 aromatic rings. The molecule has 5 heteroatoms. The lowest BCUT2D eigenvalue weighted by atomic mass is 10.1. The molecule has 1 N–H and O–H groups in total. The van der Waals surface area contributed by atoms with Crippen LogP contribution in [0.4, 0.5) is 0 Å². The van der Waals surface area contributed by atoms with Crippen molar-refractivity contribution < 1.29 is 9.90 Å². The van der Waals surface area contributed by atoms with Crippen molar-refractivity contribution in [2.45, 2.75) is 20.4 Å². The Labute approximate surface area is 86.3 Å². The van der Waals surface area contributed by atoms with Gasteiger partial charge in [-0.05, 0) is 37.1 Å².